The van der Waals surface area contributed by atoms with E-state index >= 15 is 0 Å². The zero-order valence-corrected chi connectivity index (χ0v) is 22.2. The van der Waals surface area contributed by atoms with Crippen molar-refractivity contribution in [3.63, 3.8) is 0 Å². The molecule has 1 saturated carbocycles. The highest BCUT2D eigenvalue weighted by molar-refractivity contribution is 6.09. The van der Waals surface area contributed by atoms with Crippen molar-refractivity contribution in [3.05, 3.63) is 65.7 Å². The number of nitrogens with zero attached hydrogens (tertiary/aromatic N) is 2. The molecule has 3 N–H and O–H groups in total. The second kappa shape index (κ2) is 11.9. The Morgan fingerprint density at radius 1 is 0.974 bits per heavy atom. The summed E-state index contributed by atoms with van der Waals surface area (Å²) in [6, 6.07) is 18.1. The molecule has 0 bridgehead atoms. The van der Waals surface area contributed by atoms with Gasteiger partial charge < -0.3 is 15.7 Å². The lowest BCUT2D eigenvalue weighted by Crippen LogP contribution is -2.44. The highest BCUT2D eigenvalue weighted by Crippen LogP contribution is 2.33. The van der Waals surface area contributed by atoms with E-state index in [-0.39, 0.29) is 18.0 Å². The number of fused-ring (bicyclic) bond motifs is 1. The van der Waals surface area contributed by atoms with Crippen LogP contribution in [0.3, 0.4) is 0 Å². The third-order valence-electron chi connectivity index (χ3n) is 8.28. The maximum Gasteiger partial charge on any atom is 0.404 e. The molecule has 2 aromatic carbocycles. The fourth-order valence-electron chi connectivity index (χ4n) is 6.16. The molecule has 1 aliphatic heterocycles. The summed E-state index contributed by atoms with van der Waals surface area (Å²) in [4.78, 5) is 32.6. The maximum absolute atomic E-state index is 14.1. The molecule has 2 fully saturated rings. The maximum atomic E-state index is 14.1. The van der Waals surface area contributed by atoms with E-state index < -0.39 is 6.09 Å². The van der Waals surface area contributed by atoms with Crippen molar-refractivity contribution in [1.29, 1.82) is 0 Å². The van der Waals surface area contributed by atoms with Gasteiger partial charge in [0.2, 0.25) is 0 Å². The highest BCUT2D eigenvalue weighted by atomic mass is 16.4. The molecule has 2 heterocycles. The normalized spacial score (nSPS) is 18.2. The van der Waals surface area contributed by atoms with Crippen LogP contribution >= 0.6 is 0 Å². The molecule has 1 saturated heterocycles. The first-order chi connectivity index (χ1) is 18.5. The summed E-state index contributed by atoms with van der Waals surface area (Å²) in [6.45, 7) is 4.24. The van der Waals surface area contributed by atoms with Crippen LogP contribution in [0.2, 0.25) is 0 Å². The quantitative estimate of drug-likeness (QED) is 0.369. The Morgan fingerprint density at radius 3 is 2.37 bits per heavy atom. The van der Waals surface area contributed by atoms with Gasteiger partial charge in [-0.25, -0.2) is 9.78 Å². The van der Waals surface area contributed by atoms with Crippen LogP contribution in [0, 0.1) is 5.92 Å². The number of nitrogens with one attached hydrogen (secondary N) is 2. The SMILES string of the molecule is C[C@H](NC(=O)c1c(CN2CCC(NC(=O)O)CC2)c(-c2ccccc2)nc2ccccc12)C1CCCCC1. The number of para-hydroxylation sites is 1. The molecule has 5 rings (SSSR count). The second-order valence-corrected chi connectivity index (χ2v) is 10.9. The van der Waals surface area contributed by atoms with Gasteiger partial charge in [-0.3, -0.25) is 9.69 Å². The number of piperidine rings is 1. The summed E-state index contributed by atoms with van der Waals surface area (Å²) >= 11 is 0. The average molecular weight is 515 g/mol. The number of pyridine rings is 1. The number of carbonyl (C=O) groups excluding carboxylic acids is 1. The fraction of sp³-hybridized carbons (Fsp3) is 0.452. The molecule has 1 atom stereocenters. The van der Waals surface area contributed by atoms with Crippen molar-refractivity contribution in [3.8, 4) is 11.3 Å². The number of aromatic nitrogens is 1. The van der Waals surface area contributed by atoms with Crippen molar-refractivity contribution in [2.45, 2.75) is 70.5 Å². The summed E-state index contributed by atoms with van der Waals surface area (Å²) in [7, 11) is 0. The number of carbonyl (C=O) groups is 2. The van der Waals surface area contributed by atoms with Gasteiger partial charge in [0.1, 0.15) is 0 Å². The van der Waals surface area contributed by atoms with Crippen molar-refractivity contribution in [1.82, 2.24) is 20.5 Å². The molecule has 2 aliphatic rings. The van der Waals surface area contributed by atoms with E-state index in [0.29, 0.717) is 18.0 Å². The van der Waals surface area contributed by atoms with Crippen LogP contribution in [0.1, 0.15) is 67.8 Å². The van der Waals surface area contributed by atoms with Gasteiger partial charge in [0.05, 0.1) is 16.8 Å². The topological polar surface area (TPSA) is 94.6 Å². The first-order valence-electron chi connectivity index (χ1n) is 14.0. The lowest BCUT2D eigenvalue weighted by molar-refractivity contribution is 0.0918. The standard InChI is InChI=1S/C31H38N4O3/c1-21(22-10-4-2-5-11-22)32-30(36)28-25-14-8-9-15-27(25)34-29(23-12-6-3-7-13-23)26(28)20-35-18-16-24(17-19-35)33-31(37)38/h3,6-9,12-15,21-22,24,33H,2,4-5,10-11,16-20H2,1H3,(H,32,36)(H,37,38)/t21-/m0/s1. The zero-order valence-electron chi connectivity index (χ0n) is 22.2. The molecular weight excluding hydrogens is 476 g/mol. The van der Waals surface area contributed by atoms with E-state index in [0.717, 1.165) is 53.7 Å². The number of amides is 2. The van der Waals surface area contributed by atoms with Crippen LogP contribution in [0.25, 0.3) is 22.2 Å². The second-order valence-electron chi connectivity index (χ2n) is 10.9. The predicted molar refractivity (Wildman–Crippen MR) is 150 cm³/mol. The summed E-state index contributed by atoms with van der Waals surface area (Å²) in [5.41, 5.74) is 4.29. The largest absolute Gasteiger partial charge is 0.465 e. The lowest BCUT2D eigenvalue weighted by Gasteiger charge is -2.33. The molecule has 0 unspecified atom stereocenters. The minimum absolute atomic E-state index is 0.0312. The fourth-order valence-corrected chi connectivity index (χ4v) is 6.16. The van der Waals surface area contributed by atoms with Gasteiger partial charge in [-0.05, 0) is 44.6 Å². The van der Waals surface area contributed by atoms with Crippen LogP contribution in [-0.4, -0.2) is 52.2 Å². The molecule has 7 nitrogen and oxygen atoms in total. The molecule has 3 aromatic rings. The van der Waals surface area contributed by atoms with Gasteiger partial charge >= 0.3 is 6.09 Å². The molecule has 1 aliphatic carbocycles. The van der Waals surface area contributed by atoms with E-state index in [4.69, 9.17) is 10.1 Å². The number of carboxylic acid groups (broad SMARTS) is 1. The van der Waals surface area contributed by atoms with E-state index in [1.165, 1.54) is 32.1 Å². The lowest BCUT2D eigenvalue weighted by atomic mass is 9.84. The number of benzene rings is 2. The Morgan fingerprint density at radius 2 is 1.66 bits per heavy atom. The van der Waals surface area contributed by atoms with Crippen LogP contribution in [0.15, 0.2) is 54.6 Å². The number of likely N-dealkylation sites (tertiary alicyclic amines) is 1. The Hall–Kier alpha value is -3.45. The molecule has 200 valence electrons. The van der Waals surface area contributed by atoms with E-state index in [1.54, 1.807) is 0 Å². The monoisotopic (exact) mass is 514 g/mol. The van der Waals surface area contributed by atoms with E-state index in [9.17, 15) is 9.59 Å². The van der Waals surface area contributed by atoms with E-state index in [1.807, 2.05) is 42.5 Å². The number of hydrogen-bond donors (Lipinski definition) is 3. The summed E-state index contributed by atoms with van der Waals surface area (Å²) < 4.78 is 0. The smallest absolute Gasteiger partial charge is 0.404 e. The molecule has 0 radical (unpaired) electrons. The highest BCUT2D eigenvalue weighted by Gasteiger charge is 2.28. The number of rotatable bonds is 7. The minimum atomic E-state index is -0.973. The predicted octanol–water partition coefficient (Wildman–Crippen LogP) is 5.83. The molecule has 1 aromatic heterocycles. The summed E-state index contributed by atoms with van der Waals surface area (Å²) in [5, 5.41) is 16.0. The first kappa shape index (κ1) is 26.2. The Labute approximate surface area is 224 Å². The Kier molecular flexibility index (Phi) is 8.23. The summed E-state index contributed by atoms with van der Waals surface area (Å²) in [5.74, 6) is 0.481. The first-order valence-corrected chi connectivity index (χ1v) is 14.0. The van der Waals surface area contributed by atoms with Gasteiger partial charge in [0, 0.05) is 48.2 Å². The molecule has 7 heteroatoms. The van der Waals surface area contributed by atoms with Crippen LogP contribution in [-0.2, 0) is 6.54 Å². The minimum Gasteiger partial charge on any atom is -0.465 e. The summed E-state index contributed by atoms with van der Waals surface area (Å²) in [6.07, 6.45) is 6.61. The Bertz CT molecular complexity index is 1260. The molecule has 0 spiro atoms. The van der Waals surface area contributed by atoms with Crippen molar-refractivity contribution < 1.29 is 14.7 Å². The van der Waals surface area contributed by atoms with Gasteiger partial charge in [-0.1, -0.05) is 67.8 Å². The van der Waals surface area contributed by atoms with Crippen molar-refractivity contribution >= 4 is 22.9 Å². The van der Waals surface area contributed by atoms with Crippen LogP contribution < -0.4 is 10.6 Å². The van der Waals surface area contributed by atoms with Gasteiger partial charge in [-0.15, -0.1) is 0 Å². The number of hydrogen-bond acceptors (Lipinski definition) is 4. The average Bonchev–Trinajstić information content (AvgIpc) is 2.94. The van der Waals surface area contributed by atoms with Crippen LogP contribution in [0.4, 0.5) is 4.79 Å². The Balaban J connectivity index is 1.52. The third kappa shape index (κ3) is 5.99. The van der Waals surface area contributed by atoms with E-state index in [2.05, 4.69) is 34.6 Å². The molecular formula is C31H38N4O3. The van der Waals surface area contributed by atoms with Crippen LogP contribution in [0.5, 0.6) is 0 Å². The molecule has 2 amide bonds. The van der Waals surface area contributed by atoms with Crippen molar-refractivity contribution in [2.24, 2.45) is 5.92 Å². The zero-order chi connectivity index (χ0) is 26.5. The van der Waals surface area contributed by atoms with Crippen molar-refractivity contribution in [2.75, 3.05) is 13.1 Å². The van der Waals surface area contributed by atoms with Gasteiger partial charge in [0.15, 0.2) is 0 Å². The van der Waals surface area contributed by atoms with Gasteiger partial charge in [-0.2, -0.15) is 0 Å². The van der Waals surface area contributed by atoms with Gasteiger partial charge in [0.25, 0.3) is 5.91 Å². The third-order valence-corrected chi connectivity index (χ3v) is 8.28. The molecule has 38 heavy (non-hydrogen) atoms.